The first-order valence-electron chi connectivity index (χ1n) is 7.46. The van der Waals surface area contributed by atoms with E-state index >= 15 is 0 Å². The zero-order chi connectivity index (χ0) is 18.0. The third kappa shape index (κ3) is 3.56. The minimum Gasteiger partial charge on any atom is -0.475 e. The summed E-state index contributed by atoms with van der Waals surface area (Å²) >= 11 is 6.25. The average Bonchev–Trinajstić information content (AvgIpc) is 3.05. The normalized spacial score (nSPS) is 10.5. The van der Waals surface area contributed by atoms with E-state index in [1.807, 2.05) is 19.1 Å². The van der Waals surface area contributed by atoms with Crippen molar-refractivity contribution in [1.29, 1.82) is 0 Å². The Morgan fingerprint density at radius 2 is 1.84 bits per heavy atom. The van der Waals surface area contributed by atoms with Gasteiger partial charge in [0, 0.05) is 16.8 Å². The van der Waals surface area contributed by atoms with Crippen molar-refractivity contribution in [3.05, 3.63) is 76.5 Å². The van der Waals surface area contributed by atoms with Gasteiger partial charge in [0.25, 0.3) is 5.91 Å². The van der Waals surface area contributed by atoms with E-state index in [1.54, 1.807) is 30.3 Å². The molecule has 0 saturated carbocycles. The van der Waals surface area contributed by atoms with E-state index in [-0.39, 0.29) is 11.7 Å². The summed E-state index contributed by atoms with van der Waals surface area (Å²) in [5.74, 6) is -1.19. The van der Waals surface area contributed by atoms with Crippen molar-refractivity contribution in [3.63, 3.8) is 0 Å². The molecule has 0 aliphatic heterocycles. The monoisotopic (exact) mass is 355 g/mol. The minimum atomic E-state index is -1.15. The molecule has 0 atom stereocenters. The predicted octanol–water partition coefficient (Wildman–Crippen LogP) is 4.86. The summed E-state index contributed by atoms with van der Waals surface area (Å²) in [5, 5.41) is 12.0. The lowest BCUT2D eigenvalue weighted by molar-refractivity contribution is 0.0663. The number of furan rings is 1. The number of rotatable bonds is 4. The van der Waals surface area contributed by atoms with E-state index in [4.69, 9.17) is 21.1 Å². The summed E-state index contributed by atoms with van der Waals surface area (Å²) in [7, 11) is 0. The van der Waals surface area contributed by atoms with Gasteiger partial charge in [0.1, 0.15) is 5.76 Å². The van der Waals surface area contributed by atoms with E-state index in [0.717, 1.165) is 5.56 Å². The SMILES string of the molecule is Cc1ccccc1C(=O)Nc1ccc(-c2ccc(C(=O)O)o2)c(Cl)c1. The highest BCUT2D eigenvalue weighted by molar-refractivity contribution is 6.33. The average molecular weight is 356 g/mol. The van der Waals surface area contributed by atoms with Crippen molar-refractivity contribution in [2.75, 3.05) is 5.32 Å². The van der Waals surface area contributed by atoms with Crippen LogP contribution >= 0.6 is 11.6 Å². The van der Waals surface area contributed by atoms with E-state index in [0.29, 0.717) is 27.6 Å². The molecule has 0 spiro atoms. The fraction of sp³-hybridized carbons (Fsp3) is 0.0526. The van der Waals surface area contributed by atoms with Gasteiger partial charge in [-0.15, -0.1) is 0 Å². The Hall–Kier alpha value is -3.05. The topological polar surface area (TPSA) is 79.5 Å². The van der Waals surface area contributed by atoms with Gasteiger partial charge in [0.2, 0.25) is 5.76 Å². The molecule has 6 heteroatoms. The molecule has 2 aromatic carbocycles. The first-order chi connectivity index (χ1) is 12.0. The van der Waals surface area contributed by atoms with Crippen LogP contribution in [-0.4, -0.2) is 17.0 Å². The van der Waals surface area contributed by atoms with Gasteiger partial charge < -0.3 is 14.8 Å². The molecule has 0 unspecified atom stereocenters. The third-order valence-electron chi connectivity index (χ3n) is 3.70. The largest absolute Gasteiger partial charge is 0.475 e. The van der Waals surface area contributed by atoms with Crippen molar-refractivity contribution < 1.29 is 19.1 Å². The molecule has 0 aliphatic carbocycles. The Morgan fingerprint density at radius 1 is 1.08 bits per heavy atom. The first kappa shape index (κ1) is 16.8. The number of aryl methyl sites for hydroxylation is 1. The summed E-state index contributed by atoms with van der Waals surface area (Å²) in [5.41, 5.74) is 2.54. The number of amides is 1. The van der Waals surface area contributed by atoms with E-state index in [1.165, 1.54) is 12.1 Å². The number of carbonyl (C=O) groups is 2. The van der Waals surface area contributed by atoms with Crippen molar-refractivity contribution in [2.24, 2.45) is 0 Å². The zero-order valence-electron chi connectivity index (χ0n) is 13.2. The van der Waals surface area contributed by atoms with Crippen LogP contribution in [0.2, 0.25) is 5.02 Å². The maximum atomic E-state index is 12.3. The standard InChI is InChI=1S/C19H14ClNO4/c1-11-4-2-3-5-13(11)18(22)21-12-6-7-14(15(20)10-12)16-8-9-17(25-16)19(23)24/h2-10H,1H3,(H,21,22)(H,23,24). The smallest absolute Gasteiger partial charge is 0.371 e. The van der Waals surface area contributed by atoms with Gasteiger partial charge in [-0.2, -0.15) is 0 Å². The second-order valence-electron chi connectivity index (χ2n) is 5.43. The maximum Gasteiger partial charge on any atom is 0.371 e. The number of aromatic carboxylic acids is 1. The number of hydrogen-bond donors (Lipinski definition) is 2. The molecule has 3 aromatic rings. The molecule has 2 N–H and O–H groups in total. The predicted molar refractivity (Wildman–Crippen MR) is 95.2 cm³/mol. The Morgan fingerprint density at radius 3 is 2.48 bits per heavy atom. The highest BCUT2D eigenvalue weighted by Crippen LogP contribution is 2.31. The van der Waals surface area contributed by atoms with Crippen LogP contribution in [0.4, 0.5) is 5.69 Å². The van der Waals surface area contributed by atoms with Crippen LogP contribution in [0.5, 0.6) is 0 Å². The molecular weight excluding hydrogens is 342 g/mol. The summed E-state index contributed by atoms with van der Waals surface area (Å²) in [6.07, 6.45) is 0. The number of benzene rings is 2. The van der Waals surface area contributed by atoms with E-state index in [9.17, 15) is 9.59 Å². The summed E-state index contributed by atoms with van der Waals surface area (Å²) < 4.78 is 5.25. The molecule has 5 nitrogen and oxygen atoms in total. The Kier molecular flexibility index (Phi) is 4.59. The molecule has 1 heterocycles. The first-order valence-corrected chi connectivity index (χ1v) is 7.83. The molecule has 0 saturated heterocycles. The van der Waals surface area contributed by atoms with Gasteiger partial charge in [0.05, 0.1) is 5.02 Å². The van der Waals surface area contributed by atoms with Crippen LogP contribution in [0.1, 0.15) is 26.5 Å². The number of hydrogen-bond acceptors (Lipinski definition) is 3. The van der Waals surface area contributed by atoms with Crippen LogP contribution < -0.4 is 5.32 Å². The summed E-state index contributed by atoms with van der Waals surface area (Å²) in [4.78, 5) is 23.2. The van der Waals surface area contributed by atoms with Crippen molar-refractivity contribution >= 4 is 29.2 Å². The highest BCUT2D eigenvalue weighted by Gasteiger charge is 2.14. The third-order valence-corrected chi connectivity index (χ3v) is 4.01. The van der Waals surface area contributed by atoms with E-state index < -0.39 is 5.97 Å². The fourth-order valence-corrected chi connectivity index (χ4v) is 2.69. The molecule has 25 heavy (non-hydrogen) atoms. The lowest BCUT2D eigenvalue weighted by Crippen LogP contribution is -2.13. The Balaban J connectivity index is 1.83. The molecule has 0 bridgehead atoms. The van der Waals surface area contributed by atoms with Gasteiger partial charge >= 0.3 is 5.97 Å². The van der Waals surface area contributed by atoms with Gasteiger partial charge in [-0.3, -0.25) is 4.79 Å². The highest BCUT2D eigenvalue weighted by atomic mass is 35.5. The molecular formula is C19H14ClNO4. The Bertz CT molecular complexity index is 962. The molecule has 126 valence electrons. The lowest BCUT2D eigenvalue weighted by Gasteiger charge is -2.09. The van der Waals surface area contributed by atoms with Gasteiger partial charge in [-0.25, -0.2) is 4.79 Å². The summed E-state index contributed by atoms with van der Waals surface area (Å²) in [6, 6.07) is 15.1. The molecule has 0 radical (unpaired) electrons. The van der Waals surface area contributed by atoms with Gasteiger partial charge in [-0.05, 0) is 48.9 Å². The van der Waals surface area contributed by atoms with E-state index in [2.05, 4.69) is 5.32 Å². The lowest BCUT2D eigenvalue weighted by atomic mass is 10.1. The number of carboxylic acid groups (broad SMARTS) is 1. The maximum absolute atomic E-state index is 12.3. The Labute approximate surface area is 148 Å². The molecule has 1 aromatic heterocycles. The quantitative estimate of drug-likeness (QED) is 0.700. The number of carboxylic acids is 1. The number of halogens is 1. The van der Waals surface area contributed by atoms with Crippen LogP contribution in [0.25, 0.3) is 11.3 Å². The van der Waals surface area contributed by atoms with Crippen molar-refractivity contribution in [3.8, 4) is 11.3 Å². The number of anilines is 1. The van der Waals surface area contributed by atoms with Crippen molar-refractivity contribution in [2.45, 2.75) is 6.92 Å². The second kappa shape index (κ2) is 6.83. The van der Waals surface area contributed by atoms with Crippen LogP contribution in [0.15, 0.2) is 59.0 Å². The van der Waals surface area contributed by atoms with Crippen LogP contribution in [-0.2, 0) is 0 Å². The van der Waals surface area contributed by atoms with Gasteiger partial charge in [0.15, 0.2) is 0 Å². The van der Waals surface area contributed by atoms with Crippen molar-refractivity contribution in [1.82, 2.24) is 0 Å². The molecule has 3 rings (SSSR count). The fourth-order valence-electron chi connectivity index (χ4n) is 2.42. The van der Waals surface area contributed by atoms with Crippen LogP contribution in [0.3, 0.4) is 0 Å². The van der Waals surface area contributed by atoms with Gasteiger partial charge in [-0.1, -0.05) is 29.8 Å². The number of nitrogens with one attached hydrogen (secondary N) is 1. The summed E-state index contributed by atoms with van der Waals surface area (Å²) in [6.45, 7) is 1.86. The number of carbonyl (C=O) groups excluding carboxylic acids is 1. The zero-order valence-corrected chi connectivity index (χ0v) is 14.0. The molecule has 0 fully saturated rings. The minimum absolute atomic E-state index is 0.164. The molecule has 1 amide bonds. The van der Waals surface area contributed by atoms with Crippen LogP contribution in [0, 0.1) is 6.92 Å². The second-order valence-corrected chi connectivity index (χ2v) is 5.84. The molecule has 0 aliphatic rings.